The molecule has 0 aliphatic carbocycles. The third kappa shape index (κ3) is 1.88. The van der Waals surface area contributed by atoms with Gasteiger partial charge in [-0.25, -0.2) is 13.2 Å². The Labute approximate surface area is 83.6 Å². The second-order valence-electron chi connectivity index (χ2n) is 2.45. The fraction of sp³-hybridized carbons (Fsp3) is 0.333. The third-order valence-electron chi connectivity index (χ3n) is 1.61. The van der Waals surface area contributed by atoms with Gasteiger partial charge in [0.15, 0.2) is 4.90 Å². The predicted molar refractivity (Wildman–Crippen MR) is 50.0 cm³/mol. The minimum Gasteiger partial charge on any atom is -0.313 e. The molecule has 0 aliphatic heterocycles. The zero-order valence-electron chi connectivity index (χ0n) is 7.15. The summed E-state index contributed by atoms with van der Waals surface area (Å²) in [6.45, 7) is 1.62. The van der Waals surface area contributed by atoms with Gasteiger partial charge in [-0.05, 0) is 6.92 Å². The molecule has 6 nitrogen and oxygen atoms in total. The largest absolute Gasteiger partial charge is 0.328 e. The lowest BCUT2D eigenvalue weighted by molar-refractivity contribution is 0.598. The summed E-state index contributed by atoms with van der Waals surface area (Å²) in [5.41, 5.74) is -1.58. The molecule has 0 fully saturated rings. The van der Waals surface area contributed by atoms with Crippen LogP contribution in [0.5, 0.6) is 0 Å². The van der Waals surface area contributed by atoms with Crippen molar-refractivity contribution >= 4 is 19.7 Å². The summed E-state index contributed by atoms with van der Waals surface area (Å²) in [7, 11) is 0.868. The summed E-state index contributed by atoms with van der Waals surface area (Å²) in [5.74, 6) is 0. The van der Waals surface area contributed by atoms with Gasteiger partial charge in [0, 0.05) is 23.4 Å². The van der Waals surface area contributed by atoms with Gasteiger partial charge in [0.05, 0.1) is 0 Å². The first-order valence-corrected chi connectivity index (χ1v) is 5.96. The number of nitrogens with zero attached hydrogens (tertiary/aromatic N) is 1. The molecule has 14 heavy (non-hydrogen) atoms. The number of halogens is 1. The molecule has 0 radical (unpaired) electrons. The van der Waals surface area contributed by atoms with Crippen molar-refractivity contribution in [2.24, 2.45) is 0 Å². The summed E-state index contributed by atoms with van der Waals surface area (Å²) < 4.78 is 22.5. The highest BCUT2D eigenvalue weighted by Crippen LogP contribution is 2.06. The average Bonchev–Trinajstić information content (AvgIpc) is 2.02. The van der Waals surface area contributed by atoms with E-state index in [4.69, 9.17) is 10.7 Å². The van der Waals surface area contributed by atoms with Crippen molar-refractivity contribution in [2.75, 3.05) is 0 Å². The molecule has 1 heterocycles. The van der Waals surface area contributed by atoms with Crippen molar-refractivity contribution in [1.29, 1.82) is 0 Å². The van der Waals surface area contributed by atoms with E-state index in [2.05, 4.69) is 4.98 Å². The lowest BCUT2D eigenvalue weighted by atomic mass is 10.6. The van der Waals surface area contributed by atoms with Crippen molar-refractivity contribution in [2.45, 2.75) is 18.4 Å². The molecule has 0 spiro atoms. The van der Waals surface area contributed by atoms with E-state index in [-0.39, 0.29) is 6.54 Å². The van der Waals surface area contributed by atoms with Gasteiger partial charge in [-0.1, -0.05) is 0 Å². The molecular weight excluding hydrogens is 232 g/mol. The van der Waals surface area contributed by atoms with E-state index in [1.54, 1.807) is 6.92 Å². The van der Waals surface area contributed by atoms with Crippen LogP contribution in [0.1, 0.15) is 6.92 Å². The van der Waals surface area contributed by atoms with Crippen LogP contribution in [0.2, 0.25) is 0 Å². The van der Waals surface area contributed by atoms with Gasteiger partial charge >= 0.3 is 5.69 Å². The van der Waals surface area contributed by atoms with Crippen LogP contribution in [0.15, 0.2) is 20.7 Å². The predicted octanol–water partition coefficient (Wildman–Crippen LogP) is -0.516. The lowest BCUT2D eigenvalue weighted by Crippen LogP contribution is -2.36. The normalized spacial score (nSPS) is 11.6. The Kier molecular flexibility index (Phi) is 2.81. The maximum atomic E-state index is 11.3. The SMILES string of the molecule is CCn1c(=O)[nH]cc(S(=O)(=O)Cl)c1=O. The highest BCUT2D eigenvalue weighted by molar-refractivity contribution is 8.13. The number of aromatic amines is 1. The van der Waals surface area contributed by atoms with E-state index < -0.39 is 25.2 Å². The van der Waals surface area contributed by atoms with Crippen LogP contribution in [-0.4, -0.2) is 18.0 Å². The van der Waals surface area contributed by atoms with E-state index in [0.717, 1.165) is 10.8 Å². The van der Waals surface area contributed by atoms with Crippen LogP contribution in [-0.2, 0) is 15.6 Å². The highest BCUT2D eigenvalue weighted by atomic mass is 35.7. The van der Waals surface area contributed by atoms with Gasteiger partial charge in [0.2, 0.25) is 0 Å². The Morgan fingerprint density at radius 1 is 1.50 bits per heavy atom. The Morgan fingerprint density at radius 2 is 2.07 bits per heavy atom. The molecule has 1 N–H and O–H groups in total. The van der Waals surface area contributed by atoms with Crippen LogP contribution in [0.3, 0.4) is 0 Å². The van der Waals surface area contributed by atoms with E-state index in [1.165, 1.54) is 0 Å². The van der Waals surface area contributed by atoms with Gasteiger partial charge in [0.25, 0.3) is 14.6 Å². The summed E-state index contributed by atoms with van der Waals surface area (Å²) in [6, 6.07) is 0. The number of aromatic nitrogens is 2. The molecular formula is C6H7ClN2O4S. The molecule has 8 heteroatoms. The van der Waals surface area contributed by atoms with Gasteiger partial charge in [-0.3, -0.25) is 9.36 Å². The first-order valence-electron chi connectivity index (χ1n) is 3.65. The van der Waals surface area contributed by atoms with Crippen molar-refractivity contribution in [1.82, 2.24) is 9.55 Å². The van der Waals surface area contributed by atoms with Crippen LogP contribution in [0.25, 0.3) is 0 Å². The van der Waals surface area contributed by atoms with Crippen LogP contribution >= 0.6 is 10.7 Å². The topological polar surface area (TPSA) is 89.0 Å². The molecule has 0 aromatic carbocycles. The molecule has 78 valence electrons. The summed E-state index contributed by atoms with van der Waals surface area (Å²) >= 11 is 0. The third-order valence-corrected chi connectivity index (χ3v) is 2.92. The molecule has 0 unspecified atom stereocenters. The van der Waals surface area contributed by atoms with Gasteiger partial charge < -0.3 is 4.98 Å². The maximum absolute atomic E-state index is 11.3. The Morgan fingerprint density at radius 3 is 2.50 bits per heavy atom. The van der Waals surface area contributed by atoms with E-state index in [9.17, 15) is 18.0 Å². The highest BCUT2D eigenvalue weighted by Gasteiger charge is 2.17. The smallest absolute Gasteiger partial charge is 0.313 e. The summed E-state index contributed by atoms with van der Waals surface area (Å²) in [5, 5.41) is 0. The monoisotopic (exact) mass is 238 g/mol. The van der Waals surface area contributed by atoms with Crippen molar-refractivity contribution in [3.05, 3.63) is 27.0 Å². The van der Waals surface area contributed by atoms with E-state index in [0.29, 0.717) is 0 Å². The van der Waals surface area contributed by atoms with Gasteiger partial charge in [-0.2, -0.15) is 0 Å². The Hall–Kier alpha value is -1.08. The van der Waals surface area contributed by atoms with Crippen molar-refractivity contribution in [3.8, 4) is 0 Å². The molecule has 0 amide bonds. The molecule has 0 saturated heterocycles. The second-order valence-corrected chi connectivity index (χ2v) is 4.98. The van der Waals surface area contributed by atoms with Crippen molar-refractivity contribution in [3.63, 3.8) is 0 Å². The van der Waals surface area contributed by atoms with E-state index in [1.807, 2.05) is 0 Å². The first-order chi connectivity index (χ1) is 6.38. The van der Waals surface area contributed by atoms with Crippen molar-refractivity contribution < 1.29 is 8.42 Å². The summed E-state index contributed by atoms with van der Waals surface area (Å²) in [4.78, 5) is 23.9. The van der Waals surface area contributed by atoms with E-state index >= 15 is 0 Å². The zero-order valence-corrected chi connectivity index (χ0v) is 8.72. The molecule has 0 bridgehead atoms. The molecule has 0 aliphatic rings. The number of H-pyrrole nitrogens is 1. The molecule has 1 aromatic heterocycles. The molecule has 1 rings (SSSR count). The number of rotatable bonds is 2. The van der Waals surface area contributed by atoms with Gasteiger partial charge in [-0.15, -0.1) is 0 Å². The standard InChI is InChI=1S/C6H7ClN2O4S/c1-2-9-5(10)4(14(7,12)13)3-8-6(9)11/h3H,2H2,1H3,(H,8,11). The number of hydrogen-bond acceptors (Lipinski definition) is 4. The minimum absolute atomic E-state index is 0.0778. The minimum atomic E-state index is -4.11. The first kappa shape index (κ1) is 11.0. The maximum Gasteiger partial charge on any atom is 0.328 e. The fourth-order valence-corrected chi connectivity index (χ4v) is 1.80. The zero-order chi connectivity index (χ0) is 10.9. The Balaban J connectivity index is 3.70. The molecule has 1 aromatic rings. The summed E-state index contributed by atoms with van der Waals surface area (Å²) in [6.07, 6.45) is 0.791. The Bertz CT molecular complexity index is 556. The number of hydrogen-bond donors (Lipinski definition) is 1. The lowest BCUT2D eigenvalue weighted by Gasteiger charge is -2.00. The van der Waals surface area contributed by atoms with Gasteiger partial charge in [0.1, 0.15) is 0 Å². The molecule has 0 saturated carbocycles. The van der Waals surface area contributed by atoms with Crippen LogP contribution in [0, 0.1) is 0 Å². The quantitative estimate of drug-likeness (QED) is 0.703. The van der Waals surface area contributed by atoms with Crippen LogP contribution < -0.4 is 11.2 Å². The molecule has 0 atom stereocenters. The number of nitrogens with one attached hydrogen (secondary N) is 1. The van der Waals surface area contributed by atoms with Crippen LogP contribution in [0.4, 0.5) is 0 Å². The fourth-order valence-electron chi connectivity index (χ4n) is 0.954. The average molecular weight is 239 g/mol. The second kappa shape index (κ2) is 3.58.